The summed E-state index contributed by atoms with van der Waals surface area (Å²) < 4.78 is 0. The Balaban J connectivity index is 2.11. The van der Waals surface area contributed by atoms with E-state index in [9.17, 15) is 0 Å². The molecule has 0 bridgehead atoms. The summed E-state index contributed by atoms with van der Waals surface area (Å²) in [5.74, 6) is 6.34. The standard InChI is InChI=1S/C10H19N3/c1-12(2)7-3-4-8-13-9-5-11-6-10-13/h11H,5-10H2,1-2H3. The second kappa shape index (κ2) is 5.98. The van der Waals surface area contributed by atoms with Crippen LogP contribution in [0.5, 0.6) is 0 Å². The van der Waals surface area contributed by atoms with Crippen LogP contribution in [-0.2, 0) is 0 Å². The van der Waals surface area contributed by atoms with Crippen LogP contribution in [0.1, 0.15) is 0 Å². The lowest BCUT2D eigenvalue weighted by Crippen LogP contribution is -2.43. The van der Waals surface area contributed by atoms with Crippen molar-refractivity contribution in [3.05, 3.63) is 0 Å². The largest absolute Gasteiger partial charge is 0.314 e. The molecule has 1 N–H and O–H groups in total. The van der Waals surface area contributed by atoms with Crippen LogP contribution in [0.2, 0.25) is 0 Å². The summed E-state index contributed by atoms with van der Waals surface area (Å²) in [7, 11) is 4.08. The van der Waals surface area contributed by atoms with E-state index in [0.29, 0.717) is 0 Å². The van der Waals surface area contributed by atoms with Crippen molar-refractivity contribution in [3.63, 3.8) is 0 Å². The first kappa shape index (κ1) is 10.5. The third-order valence-corrected chi connectivity index (χ3v) is 2.03. The monoisotopic (exact) mass is 181 g/mol. The van der Waals surface area contributed by atoms with Crippen molar-refractivity contribution in [2.45, 2.75) is 0 Å². The van der Waals surface area contributed by atoms with Crippen LogP contribution >= 0.6 is 0 Å². The second-order valence-corrected chi connectivity index (χ2v) is 3.62. The Bertz CT molecular complexity index is 184. The van der Waals surface area contributed by atoms with Gasteiger partial charge in [-0.05, 0) is 14.1 Å². The highest BCUT2D eigenvalue weighted by Gasteiger charge is 2.06. The summed E-state index contributed by atoms with van der Waals surface area (Å²) in [6.45, 7) is 6.28. The molecule has 3 nitrogen and oxygen atoms in total. The summed E-state index contributed by atoms with van der Waals surface area (Å²) in [4.78, 5) is 4.48. The Hall–Kier alpha value is -0.560. The predicted molar refractivity (Wildman–Crippen MR) is 55.6 cm³/mol. The highest BCUT2D eigenvalue weighted by molar-refractivity contribution is 5.03. The molecular weight excluding hydrogens is 162 g/mol. The first-order valence-corrected chi connectivity index (χ1v) is 4.82. The molecule has 3 heteroatoms. The Morgan fingerprint density at radius 3 is 2.54 bits per heavy atom. The molecule has 1 rings (SSSR count). The maximum Gasteiger partial charge on any atom is 0.0602 e. The average molecular weight is 181 g/mol. The van der Waals surface area contributed by atoms with Gasteiger partial charge in [-0.25, -0.2) is 0 Å². The van der Waals surface area contributed by atoms with Gasteiger partial charge in [-0.3, -0.25) is 9.80 Å². The van der Waals surface area contributed by atoms with E-state index in [-0.39, 0.29) is 0 Å². The first-order chi connectivity index (χ1) is 6.29. The lowest BCUT2D eigenvalue weighted by Gasteiger charge is -2.24. The van der Waals surface area contributed by atoms with Crippen LogP contribution in [0.3, 0.4) is 0 Å². The zero-order valence-corrected chi connectivity index (χ0v) is 8.64. The smallest absolute Gasteiger partial charge is 0.0602 e. The highest BCUT2D eigenvalue weighted by atomic mass is 15.2. The lowest BCUT2D eigenvalue weighted by atomic mass is 10.3. The average Bonchev–Trinajstić information content (AvgIpc) is 2.14. The summed E-state index contributed by atoms with van der Waals surface area (Å²) in [6, 6.07) is 0. The molecule has 0 atom stereocenters. The molecule has 0 unspecified atom stereocenters. The van der Waals surface area contributed by atoms with Crippen molar-refractivity contribution >= 4 is 0 Å². The molecule has 0 amide bonds. The zero-order valence-electron chi connectivity index (χ0n) is 8.64. The van der Waals surface area contributed by atoms with E-state index in [1.165, 1.54) is 0 Å². The van der Waals surface area contributed by atoms with Crippen molar-refractivity contribution in [2.24, 2.45) is 0 Å². The van der Waals surface area contributed by atoms with Gasteiger partial charge in [-0.15, -0.1) is 0 Å². The van der Waals surface area contributed by atoms with E-state index < -0.39 is 0 Å². The lowest BCUT2D eigenvalue weighted by molar-refractivity contribution is 0.268. The Morgan fingerprint density at radius 1 is 1.23 bits per heavy atom. The van der Waals surface area contributed by atoms with Crippen LogP contribution in [0.25, 0.3) is 0 Å². The van der Waals surface area contributed by atoms with Gasteiger partial charge in [-0.1, -0.05) is 11.8 Å². The summed E-state index contributed by atoms with van der Waals surface area (Å²) >= 11 is 0. The van der Waals surface area contributed by atoms with E-state index in [4.69, 9.17) is 0 Å². The van der Waals surface area contributed by atoms with Gasteiger partial charge < -0.3 is 5.32 Å². The first-order valence-electron chi connectivity index (χ1n) is 4.82. The highest BCUT2D eigenvalue weighted by Crippen LogP contribution is 1.89. The third-order valence-electron chi connectivity index (χ3n) is 2.03. The van der Waals surface area contributed by atoms with Crippen LogP contribution in [0, 0.1) is 11.8 Å². The fraction of sp³-hybridized carbons (Fsp3) is 0.800. The summed E-state index contributed by atoms with van der Waals surface area (Å²) in [6.07, 6.45) is 0. The summed E-state index contributed by atoms with van der Waals surface area (Å²) in [5, 5.41) is 3.33. The van der Waals surface area contributed by atoms with E-state index >= 15 is 0 Å². The molecule has 1 aliphatic heterocycles. The molecule has 0 aromatic rings. The van der Waals surface area contributed by atoms with Crippen LogP contribution in [0.15, 0.2) is 0 Å². The molecule has 0 aliphatic carbocycles. The number of piperazine rings is 1. The zero-order chi connectivity index (χ0) is 9.52. The normalized spacial score (nSPS) is 18.4. The number of hydrogen-bond acceptors (Lipinski definition) is 3. The molecule has 0 aromatic heterocycles. The fourth-order valence-corrected chi connectivity index (χ4v) is 1.25. The molecule has 0 aromatic carbocycles. The maximum absolute atomic E-state index is 3.33. The molecule has 1 heterocycles. The molecule has 74 valence electrons. The van der Waals surface area contributed by atoms with Gasteiger partial charge in [0.25, 0.3) is 0 Å². The maximum atomic E-state index is 3.33. The van der Waals surface area contributed by atoms with Gasteiger partial charge in [0.2, 0.25) is 0 Å². The van der Waals surface area contributed by atoms with Crippen LogP contribution < -0.4 is 5.32 Å². The molecule has 1 saturated heterocycles. The van der Waals surface area contributed by atoms with Gasteiger partial charge in [-0.2, -0.15) is 0 Å². The van der Waals surface area contributed by atoms with E-state index in [1.807, 2.05) is 14.1 Å². The number of nitrogens with zero attached hydrogens (tertiary/aromatic N) is 2. The molecular formula is C10H19N3. The van der Waals surface area contributed by atoms with E-state index in [2.05, 4.69) is 27.0 Å². The number of nitrogens with one attached hydrogen (secondary N) is 1. The van der Waals surface area contributed by atoms with Crippen molar-refractivity contribution in [3.8, 4) is 11.8 Å². The Kier molecular flexibility index (Phi) is 4.84. The molecule has 0 spiro atoms. The van der Waals surface area contributed by atoms with E-state index in [1.54, 1.807) is 0 Å². The molecule has 1 fully saturated rings. The van der Waals surface area contributed by atoms with E-state index in [0.717, 1.165) is 39.3 Å². The van der Waals surface area contributed by atoms with Crippen molar-refractivity contribution < 1.29 is 0 Å². The van der Waals surface area contributed by atoms with Gasteiger partial charge >= 0.3 is 0 Å². The second-order valence-electron chi connectivity index (χ2n) is 3.62. The van der Waals surface area contributed by atoms with Gasteiger partial charge in [0, 0.05) is 26.2 Å². The summed E-state index contributed by atoms with van der Waals surface area (Å²) in [5.41, 5.74) is 0. The van der Waals surface area contributed by atoms with Crippen molar-refractivity contribution in [1.29, 1.82) is 0 Å². The van der Waals surface area contributed by atoms with Crippen LogP contribution in [0.4, 0.5) is 0 Å². The van der Waals surface area contributed by atoms with Gasteiger partial charge in [0.05, 0.1) is 13.1 Å². The Labute approximate surface area is 81.1 Å². The van der Waals surface area contributed by atoms with Crippen LogP contribution in [-0.4, -0.2) is 63.2 Å². The predicted octanol–water partition coefficient (Wildman–Crippen LogP) is -0.543. The quantitative estimate of drug-likeness (QED) is 0.577. The number of rotatable bonds is 2. The Morgan fingerprint density at radius 2 is 1.92 bits per heavy atom. The SMILES string of the molecule is CN(C)CC#CCN1CCNCC1. The molecule has 13 heavy (non-hydrogen) atoms. The molecule has 0 radical (unpaired) electrons. The van der Waals surface area contributed by atoms with Gasteiger partial charge in [0.15, 0.2) is 0 Å². The van der Waals surface area contributed by atoms with Crippen molar-refractivity contribution in [1.82, 2.24) is 15.1 Å². The topological polar surface area (TPSA) is 18.5 Å². The van der Waals surface area contributed by atoms with Gasteiger partial charge in [0.1, 0.15) is 0 Å². The van der Waals surface area contributed by atoms with Crippen molar-refractivity contribution in [2.75, 3.05) is 53.4 Å². The fourth-order valence-electron chi connectivity index (χ4n) is 1.25. The minimum atomic E-state index is 0.867. The molecule has 0 saturated carbocycles. The number of hydrogen-bond donors (Lipinski definition) is 1. The molecule has 1 aliphatic rings. The minimum absolute atomic E-state index is 0.867. The minimum Gasteiger partial charge on any atom is -0.314 e. The third kappa shape index (κ3) is 4.89.